The number of thiocarbonyl (C=S) groups is 1. The van der Waals surface area contributed by atoms with Crippen LogP contribution in [0, 0.1) is 6.92 Å². The number of benzene rings is 2. The van der Waals surface area contributed by atoms with E-state index in [1.165, 1.54) is 0 Å². The largest absolute Gasteiger partial charge is 0.482 e. The van der Waals surface area contributed by atoms with Crippen molar-refractivity contribution in [2.75, 3.05) is 11.9 Å². The maximum absolute atomic E-state index is 11.9. The summed E-state index contributed by atoms with van der Waals surface area (Å²) < 4.78 is 5.35. The average molecular weight is 412 g/mol. The number of ether oxygens (including phenoxy) is 1. The highest BCUT2D eigenvalue weighted by atomic mass is 35.5. The normalized spacial score (nSPS) is 10.2. The minimum Gasteiger partial charge on any atom is -0.482 e. The van der Waals surface area contributed by atoms with Gasteiger partial charge in [0.2, 0.25) is 0 Å². The van der Waals surface area contributed by atoms with E-state index in [0.29, 0.717) is 15.8 Å². The zero-order valence-electron chi connectivity index (χ0n) is 14.4. The first kappa shape index (κ1) is 20.3. The van der Waals surface area contributed by atoms with Crippen LogP contribution in [0.4, 0.5) is 5.69 Å². The molecule has 2 rings (SSSR count). The van der Waals surface area contributed by atoms with Gasteiger partial charge in [-0.15, -0.1) is 0 Å². The van der Waals surface area contributed by atoms with Gasteiger partial charge in [-0.3, -0.25) is 15.6 Å². The lowest BCUT2D eigenvalue weighted by atomic mass is 10.1. The Labute approximate surface area is 168 Å². The van der Waals surface area contributed by atoms with Crippen LogP contribution in [0.5, 0.6) is 5.75 Å². The van der Waals surface area contributed by atoms with Crippen LogP contribution in [0.15, 0.2) is 36.4 Å². The van der Waals surface area contributed by atoms with Gasteiger partial charge >= 0.3 is 0 Å². The molecule has 138 valence electrons. The van der Waals surface area contributed by atoms with Gasteiger partial charge in [-0.05, 0) is 54.9 Å². The number of carbonyl (C=O) groups is 1. The number of anilines is 1. The molecule has 8 heteroatoms. The fourth-order valence-electron chi connectivity index (χ4n) is 2.24. The molecule has 0 aliphatic rings. The predicted octanol–water partition coefficient (Wildman–Crippen LogP) is 4.26. The van der Waals surface area contributed by atoms with Crippen molar-refractivity contribution in [3.05, 3.63) is 57.6 Å². The van der Waals surface area contributed by atoms with Gasteiger partial charge in [0.25, 0.3) is 5.91 Å². The van der Waals surface area contributed by atoms with Crippen molar-refractivity contribution in [1.29, 1.82) is 0 Å². The van der Waals surface area contributed by atoms with E-state index in [4.69, 9.17) is 40.2 Å². The first-order valence-electron chi connectivity index (χ1n) is 7.93. The van der Waals surface area contributed by atoms with Gasteiger partial charge in [0.1, 0.15) is 5.75 Å². The Kier molecular flexibility index (Phi) is 7.50. The number of hydrazine groups is 1. The molecule has 0 aliphatic heterocycles. The molecule has 0 radical (unpaired) electrons. The Hall–Kier alpha value is -2.02. The van der Waals surface area contributed by atoms with Crippen LogP contribution >= 0.6 is 35.4 Å². The molecule has 0 bridgehead atoms. The fourth-order valence-corrected chi connectivity index (χ4v) is 2.86. The molecular formula is C18H19Cl2N3O2S. The molecule has 2 aromatic rings. The molecule has 1 amide bonds. The van der Waals surface area contributed by atoms with Crippen LogP contribution < -0.4 is 20.9 Å². The third-order valence-corrected chi connectivity index (χ3v) is 4.28. The second-order valence-electron chi connectivity index (χ2n) is 5.45. The van der Waals surface area contributed by atoms with Gasteiger partial charge in [-0.2, -0.15) is 0 Å². The Morgan fingerprint density at radius 3 is 2.65 bits per heavy atom. The Morgan fingerprint density at radius 1 is 1.19 bits per heavy atom. The number of hydrogen-bond acceptors (Lipinski definition) is 3. The van der Waals surface area contributed by atoms with E-state index < -0.39 is 5.91 Å². The summed E-state index contributed by atoms with van der Waals surface area (Å²) in [6.45, 7) is 3.84. The van der Waals surface area contributed by atoms with Crippen molar-refractivity contribution in [1.82, 2.24) is 10.9 Å². The predicted molar refractivity (Wildman–Crippen MR) is 110 cm³/mol. The van der Waals surface area contributed by atoms with E-state index in [9.17, 15) is 4.79 Å². The van der Waals surface area contributed by atoms with Crippen molar-refractivity contribution in [2.24, 2.45) is 0 Å². The topological polar surface area (TPSA) is 62.4 Å². The van der Waals surface area contributed by atoms with E-state index in [-0.39, 0.29) is 11.7 Å². The monoisotopic (exact) mass is 411 g/mol. The number of carbonyl (C=O) groups excluding carboxylic acids is 1. The smallest absolute Gasteiger partial charge is 0.276 e. The lowest BCUT2D eigenvalue weighted by Gasteiger charge is -2.16. The first-order chi connectivity index (χ1) is 12.4. The third-order valence-electron chi connectivity index (χ3n) is 3.55. The average Bonchev–Trinajstić information content (AvgIpc) is 2.61. The summed E-state index contributed by atoms with van der Waals surface area (Å²) in [6.07, 6.45) is 0.870. The molecule has 26 heavy (non-hydrogen) atoms. The number of para-hydroxylation sites is 1. The Bertz CT molecular complexity index is 815. The summed E-state index contributed by atoms with van der Waals surface area (Å²) in [4.78, 5) is 11.9. The molecular weight excluding hydrogens is 393 g/mol. The number of amides is 1. The number of aryl methyl sites for hydroxylation is 2. The molecule has 0 aliphatic carbocycles. The summed E-state index contributed by atoms with van der Waals surface area (Å²) in [5.41, 5.74) is 8.28. The van der Waals surface area contributed by atoms with E-state index in [0.717, 1.165) is 23.2 Å². The molecule has 0 unspecified atom stereocenters. The molecule has 0 saturated heterocycles. The molecule has 0 saturated carbocycles. The summed E-state index contributed by atoms with van der Waals surface area (Å²) in [6, 6.07) is 10.8. The van der Waals surface area contributed by atoms with Gasteiger partial charge in [0, 0.05) is 10.7 Å². The molecule has 0 spiro atoms. The minimum absolute atomic E-state index is 0.221. The lowest BCUT2D eigenvalue weighted by Crippen LogP contribution is -2.45. The second kappa shape index (κ2) is 9.62. The summed E-state index contributed by atoms with van der Waals surface area (Å²) in [5.74, 6) is -0.0277. The molecule has 0 aromatic heterocycles. The molecule has 2 aromatic carbocycles. The summed E-state index contributed by atoms with van der Waals surface area (Å²) >= 11 is 17.0. The van der Waals surface area contributed by atoms with Gasteiger partial charge in [0.05, 0.1) is 5.02 Å². The van der Waals surface area contributed by atoms with Crippen molar-refractivity contribution >= 4 is 52.1 Å². The standard InChI is InChI=1S/C18H19Cl2N3O2S/c1-3-12-6-4-5-11(2)17(12)21-18(26)23-22-16(24)10-25-15-8-7-13(19)9-14(15)20/h4-9H,3,10H2,1-2H3,(H,22,24)(H2,21,23,26). The maximum Gasteiger partial charge on any atom is 0.276 e. The number of hydrogen-bond donors (Lipinski definition) is 3. The quantitative estimate of drug-likeness (QED) is 0.506. The molecule has 5 nitrogen and oxygen atoms in total. The minimum atomic E-state index is -0.402. The van der Waals surface area contributed by atoms with E-state index in [1.54, 1.807) is 18.2 Å². The molecule has 0 fully saturated rings. The third kappa shape index (κ3) is 5.76. The van der Waals surface area contributed by atoms with Crippen LogP contribution in [0.25, 0.3) is 0 Å². The van der Waals surface area contributed by atoms with Gasteiger partial charge < -0.3 is 10.1 Å². The highest BCUT2D eigenvalue weighted by Crippen LogP contribution is 2.27. The number of nitrogens with one attached hydrogen (secondary N) is 3. The Balaban J connectivity index is 1.83. The SMILES string of the molecule is CCc1cccc(C)c1NC(=S)NNC(=O)COc1ccc(Cl)cc1Cl. The van der Waals surface area contributed by atoms with E-state index >= 15 is 0 Å². The number of rotatable bonds is 5. The highest BCUT2D eigenvalue weighted by molar-refractivity contribution is 7.80. The van der Waals surface area contributed by atoms with Crippen molar-refractivity contribution in [3.8, 4) is 5.75 Å². The van der Waals surface area contributed by atoms with Gasteiger partial charge in [0.15, 0.2) is 11.7 Å². The maximum atomic E-state index is 11.9. The lowest BCUT2D eigenvalue weighted by molar-refractivity contribution is -0.123. The highest BCUT2D eigenvalue weighted by Gasteiger charge is 2.09. The molecule has 3 N–H and O–H groups in total. The van der Waals surface area contributed by atoms with Crippen LogP contribution in [0.2, 0.25) is 10.0 Å². The molecule has 0 atom stereocenters. The fraction of sp³-hybridized carbons (Fsp3) is 0.222. The van der Waals surface area contributed by atoms with E-state index in [2.05, 4.69) is 23.1 Å². The van der Waals surface area contributed by atoms with Crippen molar-refractivity contribution in [2.45, 2.75) is 20.3 Å². The van der Waals surface area contributed by atoms with Gasteiger partial charge in [-0.25, -0.2) is 0 Å². The van der Waals surface area contributed by atoms with Crippen LogP contribution in [0.1, 0.15) is 18.1 Å². The zero-order chi connectivity index (χ0) is 19.1. The zero-order valence-corrected chi connectivity index (χ0v) is 16.7. The molecule has 0 heterocycles. The Morgan fingerprint density at radius 2 is 1.96 bits per heavy atom. The number of halogens is 2. The van der Waals surface area contributed by atoms with E-state index in [1.807, 2.05) is 25.1 Å². The van der Waals surface area contributed by atoms with Crippen molar-refractivity contribution in [3.63, 3.8) is 0 Å². The van der Waals surface area contributed by atoms with Gasteiger partial charge in [-0.1, -0.05) is 48.3 Å². The van der Waals surface area contributed by atoms with Crippen LogP contribution in [0.3, 0.4) is 0 Å². The van der Waals surface area contributed by atoms with Crippen LogP contribution in [-0.2, 0) is 11.2 Å². The van der Waals surface area contributed by atoms with Crippen molar-refractivity contribution < 1.29 is 9.53 Å². The second-order valence-corrected chi connectivity index (χ2v) is 6.71. The first-order valence-corrected chi connectivity index (χ1v) is 9.09. The van der Waals surface area contributed by atoms with Crippen LogP contribution in [-0.4, -0.2) is 17.6 Å². The summed E-state index contributed by atoms with van der Waals surface area (Å²) in [5, 5.41) is 4.22. The summed E-state index contributed by atoms with van der Waals surface area (Å²) in [7, 11) is 0.